The lowest BCUT2D eigenvalue weighted by molar-refractivity contribution is 1.02. The van der Waals surface area contributed by atoms with E-state index in [1.807, 2.05) is 6.07 Å². The van der Waals surface area contributed by atoms with Gasteiger partial charge in [-0.2, -0.15) is 0 Å². The molecule has 3 rings (SSSR count). The lowest BCUT2D eigenvalue weighted by atomic mass is 10.1. The molecule has 0 saturated carbocycles. The van der Waals surface area contributed by atoms with Crippen LogP contribution in [0.3, 0.4) is 0 Å². The summed E-state index contributed by atoms with van der Waals surface area (Å²) in [6.45, 7) is 3.11. The Hall–Kier alpha value is -1.36. The molecule has 0 fully saturated rings. The predicted molar refractivity (Wildman–Crippen MR) is 85.8 cm³/mol. The first-order valence-electron chi connectivity index (χ1n) is 6.01. The Bertz CT molecular complexity index is 619. The molecule has 0 N–H and O–H groups in total. The monoisotopic (exact) mass is 348 g/mol. The van der Waals surface area contributed by atoms with E-state index in [0.29, 0.717) is 0 Å². The Kier molecular flexibility index (Phi) is 3.07. The summed E-state index contributed by atoms with van der Waals surface area (Å²) in [5.41, 5.74) is 4.66. The molecule has 0 spiro atoms. The van der Waals surface area contributed by atoms with Gasteiger partial charge in [0.15, 0.2) is 0 Å². The van der Waals surface area contributed by atoms with E-state index < -0.39 is 0 Å². The van der Waals surface area contributed by atoms with Gasteiger partial charge in [0.2, 0.25) is 0 Å². The van der Waals surface area contributed by atoms with Crippen LogP contribution in [0.15, 0.2) is 53.5 Å². The van der Waals surface area contributed by atoms with Crippen LogP contribution in [-0.2, 0) is 0 Å². The molecule has 2 nitrogen and oxygen atoms in total. The van der Waals surface area contributed by atoms with Crippen LogP contribution in [0.2, 0.25) is 0 Å². The van der Waals surface area contributed by atoms with E-state index in [0.717, 1.165) is 16.0 Å². The first kappa shape index (κ1) is 11.7. The first-order valence-corrected chi connectivity index (χ1v) is 7.09. The van der Waals surface area contributed by atoms with Crippen LogP contribution >= 0.6 is 22.6 Å². The fourth-order valence-electron chi connectivity index (χ4n) is 2.31. The highest BCUT2D eigenvalue weighted by molar-refractivity contribution is 14.1. The molecule has 0 amide bonds. The van der Waals surface area contributed by atoms with Crippen LogP contribution < -0.4 is 4.90 Å². The van der Waals surface area contributed by atoms with Gasteiger partial charge in [-0.05, 0) is 47.7 Å². The van der Waals surface area contributed by atoms with Gasteiger partial charge in [-0.15, -0.1) is 0 Å². The molecule has 0 aromatic heterocycles. The number of hydrogen-bond acceptors (Lipinski definition) is 2. The van der Waals surface area contributed by atoms with E-state index >= 15 is 0 Å². The maximum atomic E-state index is 4.74. The van der Waals surface area contributed by atoms with Crippen LogP contribution in [0, 0.1) is 0 Å². The summed E-state index contributed by atoms with van der Waals surface area (Å²) in [5.74, 6) is 0. The molecule has 0 saturated heterocycles. The molecule has 1 heterocycles. The molecule has 0 aliphatic carbocycles. The maximum absolute atomic E-state index is 4.74. The Labute approximate surface area is 120 Å². The molecule has 1 aliphatic heterocycles. The molecule has 0 atom stereocenters. The van der Waals surface area contributed by atoms with Crippen molar-refractivity contribution in [3.05, 3.63) is 54.1 Å². The maximum Gasteiger partial charge on any atom is 0.111 e. The molecule has 90 valence electrons. The topological polar surface area (TPSA) is 15.6 Å². The highest BCUT2D eigenvalue weighted by Gasteiger charge is 2.19. The SMILES string of the molecule is CCN1c2ccccc2N=C(I)c2ccccc21. The van der Waals surface area contributed by atoms with Crippen molar-refractivity contribution in [2.75, 3.05) is 11.4 Å². The number of halogens is 1. The minimum atomic E-state index is 0.938. The molecular formula is C15H13IN2. The zero-order valence-corrected chi connectivity index (χ0v) is 12.3. The second-order valence-electron chi connectivity index (χ2n) is 4.15. The number of benzene rings is 2. The fourth-order valence-corrected chi connectivity index (χ4v) is 3.02. The minimum absolute atomic E-state index is 0.938. The van der Waals surface area contributed by atoms with E-state index in [1.54, 1.807) is 0 Å². The van der Waals surface area contributed by atoms with Crippen molar-refractivity contribution in [2.24, 2.45) is 4.99 Å². The standard InChI is InChI=1S/C15H13IN2/c1-2-18-13-9-5-3-7-11(13)15(16)17-12-8-4-6-10-14(12)18/h3-10H,2H2,1H3. The van der Waals surface area contributed by atoms with E-state index in [4.69, 9.17) is 4.99 Å². The Balaban J connectivity index is 2.31. The third-order valence-electron chi connectivity index (χ3n) is 3.12. The van der Waals surface area contributed by atoms with Crippen LogP contribution in [0.4, 0.5) is 17.1 Å². The number of nitrogens with zero attached hydrogens (tertiary/aromatic N) is 2. The quantitative estimate of drug-likeness (QED) is 0.684. The second-order valence-corrected chi connectivity index (χ2v) is 5.17. The van der Waals surface area contributed by atoms with Gasteiger partial charge in [0.05, 0.1) is 17.1 Å². The van der Waals surface area contributed by atoms with Crippen molar-refractivity contribution >= 4 is 43.4 Å². The summed E-state index contributed by atoms with van der Waals surface area (Å²) in [6.07, 6.45) is 0. The van der Waals surface area contributed by atoms with E-state index in [2.05, 4.69) is 76.9 Å². The Morgan fingerprint density at radius 3 is 2.44 bits per heavy atom. The summed E-state index contributed by atoms with van der Waals surface area (Å²) < 4.78 is 1.05. The van der Waals surface area contributed by atoms with Crippen LogP contribution in [0.1, 0.15) is 12.5 Å². The van der Waals surface area contributed by atoms with Crippen LogP contribution in [0.5, 0.6) is 0 Å². The number of anilines is 2. The lowest BCUT2D eigenvalue weighted by Gasteiger charge is -2.24. The van der Waals surface area contributed by atoms with Gasteiger partial charge < -0.3 is 4.90 Å². The van der Waals surface area contributed by atoms with Crippen molar-refractivity contribution in [2.45, 2.75) is 6.92 Å². The number of para-hydroxylation sites is 3. The van der Waals surface area contributed by atoms with Crippen molar-refractivity contribution in [1.29, 1.82) is 0 Å². The molecule has 18 heavy (non-hydrogen) atoms. The van der Waals surface area contributed by atoms with Gasteiger partial charge in [-0.25, -0.2) is 4.99 Å². The summed E-state index contributed by atoms with van der Waals surface area (Å²) in [5, 5.41) is 0. The minimum Gasteiger partial charge on any atom is -0.339 e. The van der Waals surface area contributed by atoms with Gasteiger partial charge in [0.25, 0.3) is 0 Å². The highest BCUT2D eigenvalue weighted by Crippen LogP contribution is 2.39. The lowest BCUT2D eigenvalue weighted by Crippen LogP contribution is -2.17. The van der Waals surface area contributed by atoms with Crippen molar-refractivity contribution in [3.8, 4) is 0 Å². The molecule has 0 bridgehead atoms. The van der Waals surface area contributed by atoms with E-state index in [-0.39, 0.29) is 0 Å². The Morgan fingerprint density at radius 1 is 1.00 bits per heavy atom. The van der Waals surface area contributed by atoms with Crippen molar-refractivity contribution < 1.29 is 0 Å². The molecule has 2 aromatic carbocycles. The second kappa shape index (κ2) is 4.72. The number of fused-ring (bicyclic) bond motifs is 2. The third kappa shape index (κ3) is 1.82. The first-order chi connectivity index (χ1) is 8.81. The molecule has 0 unspecified atom stereocenters. The van der Waals surface area contributed by atoms with Crippen LogP contribution in [-0.4, -0.2) is 10.3 Å². The summed E-state index contributed by atoms with van der Waals surface area (Å²) in [6, 6.07) is 16.8. The largest absolute Gasteiger partial charge is 0.339 e. The van der Waals surface area contributed by atoms with E-state index in [1.165, 1.54) is 16.9 Å². The van der Waals surface area contributed by atoms with Gasteiger partial charge in [-0.1, -0.05) is 30.3 Å². The summed E-state index contributed by atoms with van der Waals surface area (Å²) in [7, 11) is 0. The molecule has 1 aliphatic rings. The smallest absolute Gasteiger partial charge is 0.111 e. The number of aliphatic imine (C=N–C) groups is 1. The zero-order chi connectivity index (χ0) is 12.5. The van der Waals surface area contributed by atoms with Gasteiger partial charge >= 0.3 is 0 Å². The average molecular weight is 348 g/mol. The summed E-state index contributed by atoms with van der Waals surface area (Å²) in [4.78, 5) is 7.06. The Morgan fingerprint density at radius 2 is 1.67 bits per heavy atom. The zero-order valence-electron chi connectivity index (χ0n) is 10.1. The van der Waals surface area contributed by atoms with Gasteiger partial charge in [-0.3, -0.25) is 0 Å². The van der Waals surface area contributed by atoms with Gasteiger partial charge in [0, 0.05) is 12.1 Å². The van der Waals surface area contributed by atoms with Crippen molar-refractivity contribution in [1.82, 2.24) is 0 Å². The fraction of sp³-hybridized carbons (Fsp3) is 0.133. The molecular weight excluding hydrogens is 335 g/mol. The third-order valence-corrected chi connectivity index (χ3v) is 3.95. The average Bonchev–Trinajstić information content (AvgIpc) is 2.53. The molecule has 2 aromatic rings. The van der Waals surface area contributed by atoms with Crippen LogP contribution in [0.25, 0.3) is 0 Å². The molecule has 3 heteroatoms. The molecule has 0 radical (unpaired) electrons. The van der Waals surface area contributed by atoms with E-state index in [9.17, 15) is 0 Å². The highest BCUT2D eigenvalue weighted by atomic mass is 127. The summed E-state index contributed by atoms with van der Waals surface area (Å²) >= 11 is 2.32. The normalized spacial score (nSPS) is 13.4. The number of hydrogen-bond donors (Lipinski definition) is 0. The van der Waals surface area contributed by atoms with Crippen molar-refractivity contribution in [3.63, 3.8) is 0 Å². The number of rotatable bonds is 1. The predicted octanol–water partition coefficient (Wildman–Crippen LogP) is 4.67. The van der Waals surface area contributed by atoms with Gasteiger partial charge in [0.1, 0.15) is 3.72 Å².